The maximum atomic E-state index is 12.1. The van der Waals surface area contributed by atoms with Gasteiger partial charge in [-0.2, -0.15) is 0 Å². The predicted octanol–water partition coefficient (Wildman–Crippen LogP) is 2.54. The van der Waals surface area contributed by atoms with Crippen LogP contribution >= 0.6 is 0 Å². The topological polar surface area (TPSA) is 79.0 Å². The molecule has 0 spiro atoms. The number of hydrogen-bond acceptors (Lipinski definition) is 3. The summed E-state index contributed by atoms with van der Waals surface area (Å²) in [6.07, 6.45) is 3.82. The molecule has 2 aromatic carbocycles. The van der Waals surface area contributed by atoms with E-state index in [4.69, 9.17) is 0 Å². The van der Waals surface area contributed by atoms with Crippen molar-refractivity contribution < 1.29 is 13.2 Å². The number of amides is 1. The number of carbonyl (C=O) groups excluding carboxylic acids is 1. The van der Waals surface area contributed by atoms with Crippen molar-refractivity contribution in [1.29, 1.82) is 0 Å². The van der Waals surface area contributed by atoms with Crippen molar-refractivity contribution in [2.24, 2.45) is 0 Å². The SMILES string of the molecule is CS(=O)(=O)c1ccc(C(=O)NCCc2c[nH]c3ccccc23)cc1. The average Bonchev–Trinajstić information content (AvgIpc) is 2.97. The number of aromatic amines is 1. The Morgan fingerprint density at radius 1 is 1.08 bits per heavy atom. The number of hydrogen-bond donors (Lipinski definition) is 2. The van der Waals surface area contributed by atoms with Crippen LogP contribution in [-0.2, 0) is 16.3 Å². The van der Waals surface area contributed by atoms with Gasteiger partial charge in [0.25, 0.3) is 5.91 Å². The van der Waals surface area contributed by atoms with E-state index in [0.29, 0.717) is 12.1 Å². The monoisotopic (exact) mass is 342 g/mol. The third-order valence-corrected chi connectivity index (χ3v) is 5.03. The number of H-pyrrole nitrogens is 1. The Hall–Kier alpha value is -2.60. The fourth-order valence-corrected chi connectivity index (χ4v) is 3.24. The number of rotatable bonds is 5. The van der Waals surface area contributed by atoms with Crippen LogP contribution in [0.2, 0.25) is 0 Å². The molecule has 3 aromatic rings. The molecule has 5 nitrogen and oxygen atoms in total. The number of para-hydroxylation sites is 1. The maximum absolute atomic E-state index is 12.1. The zero-order chi connectivity index (χ0) is 17.2. The lowest BCUT2D eigenvalue weighted by atomic mass is 10.1. The first-order chi connectivity index (χ1) is 11.4. The minimum atomic E-state index is -3.25. The van der Waals surface area contributed by atoms with Crippen LogP contribution in [-0.4, -0.2) is 32.1 Å². The highest BCUT2D eigenvalue weighted by Gasteiger charge is 2.10. The molecule has 0 bridgehead atoms. The Morgan fingerprint density at radius 2 is 1.79 bits per heavy atom. The summed E-state index contributed by atoms with van der Waals surface area (Å²) in [7, 11) is -3.25. The second-order valence-corrected chi connectivity index (χ2v) is 7.68. The number of sulfone groups is 1. The molecule has 1 aromatic heterocycles. The molecule has 24 heavy (non-hydrogen) atoms. The smallest absolute Gasteiger partial charge is 0.251 e. The lowest BCUT2D eigenvalue weighted by Crippen LogP contribution is -2.25. The van der Waals surface area contributed by atoms with Crippen molar-refractivity contribution in [3.8, 4) is 0 Å². The van der Waals surface area contributed by atoms with Crippen LogP contribution in [0.25, 0.3) is 10.9 Å². The highest BCUT2D eigenvalue weighted by Crippen LogP contribution is 2.17. The number of fused-ring (bicyclic) bond motifs is 1. The van der Waals surface area contributed by atoms with Gasteiger partial charge in [0.2, 0.25) is 0 Å². The summed E-state index contributed by atoms with van der Waals surface area (Å²) in [6.45, 7) is 0.508. The van der Waals surface area contributed by atoms with Crippen molar-refractivity contribution in [2.75, 3.05) is 12.8 Å². The first kappa shape index (κ1) is 16.3. The summed E-state index contributed by atoms with van der Waals surface area (Å²) in [5.74, 6) is -0.213. The maximum Gasteiger partial charge on any atom is 0.251 e. The second-order valence-electron chi connectivity index (χ2n) is 5.66. The molecule has 0 radical (unpaired) electrons. The Kier molecular flexibility index (Phi) is 4.40. The summed E-state index contributed by atoms with van der Waals surface area (Å²) in [5.41, 5.74) is 2.68. The number of aromatic nitrogens is 1. The standard InChI is InChI=1S/C18H18N2O3S/c1-24(22,23)15-8-6-13(7-9-15)18(21)19-11-10-14-12-20-17-5-3-2-4-16(14)17/h2-9,12,20H,10-11H2,1H3,(H,19,21). The van der Waals surface area contributed by atoms with Gasteiger partial charge >= 0.3 is 0 Å². The summed E-state index contributed by atoms with van der Waals surface area (Å²) in [4.78, 5) is 15.5. The van der Waals surface area contributed by atoms with Gasteiger partial charge in [0, 0.05) is 35.5 Å². The number of nitrogens with one attached hydrogen (secondary N) is 2. The van der Waals surface area contributed by atoms with Gasteiger partial charge < -0.3 is 10.3 Å². The van der Waals surface area contributed by atoms with Crippen LogP contribution in [0, 0.1) is 0 Å². The zero-order valence-electron chi connectivity index (χ0n) is 13.2. The molecule has 0 saturated heterocycles. The quantitative estimate of drug-likeness (QED) is 0.748. The molecule has 124 valence electrons. The first-order valence-electron chi connectivity index (χ1n) is 7.58. The molecule has 0 unspecified atom stereocenters. The van der Waals surface area contributed by atoms with E-state index in [0.717, 1.165) is 29.1 Å². The minimum absolute atomic E-state index is 0.206. The number of benzene rings is 2. The van der Waals surface area contributed by atoms with Crippen molar-refractivity contribution in [1.82, 2.24) is 10.3 Å². The molecule has 6 heteroatoms. The van der Waals surface area contributed by atoms with E-state index < -0.39 is 9.84 Å². The molecule has 0 fully saturated rings. The van der Waals surface area contributed by atoms with Crippen molar-refractivity contribution in [2.45, 2.75) is 11.3 Å². The van der Waals surface area contributed by atoms with Crippen molar-refractivity contribution in [3.05, 3.63) is 65.9 Å². The summed E-state index contributed by atoms with van der Waals surface area (Å²) < 4.78 is 22.8. The fraction of sp³-hybridized carbons (Fsp3) is 0.167. The van der Waals surface area contributed by atoms with Crippen LogP contribution in [0.3, 0.4) is 0 Å². The van der Waals surface area contributed by atoms with Crippen molar-refractivity contribution in [3.63, 3.8) is 0 Å². The zero-order valence-corrected chi connectivity index (χ0v) is 14.1. The Labute approximate surface area is 140 Å². The van der Waals surface area contributed by atoms with E-state index >= 15 is 0 Å². The summed E-state index contributed by atoms with van der Waals surface area (Å²) in [5, 5.41) is 4.01. The average molecular weight is 342 g/mol. The number of carbonyl (C=O) groups is 1. The molecule has 1 amide bonds. The summed E-state index contributed by atoms with van der Waals surface area (Å²) >= 11 is 0. The van der Waals surface area contributed by atoms with E-state index in [1.165, 1.54) is 24.3 Å². The van der Waals surface area contributed by atoms with E-state index in [9.17, 15) is 13.2 Å². The van der Waals surface area contributed by atoms with Gasteiger partial charge in [0.15, 0.2) is 9.84 Å². The lowest BCUT2D eigenvalue weighted by molar-refractivity contribution is 0.0954. The van der Waals surface area contributed by atoms with Crippen LogP contribution in [0.5, 0.6) is 0 Å². The van der Waals surface area contributed by atoms with Gasteiger partial charge in [0.05, 0.1) is 4.90 Å². The molecule has 3 rings (SSSR count). The van der Waals surface area contributed by atoms with E-state index in [1.54, 1.807) is 0 Å². The van der Waals surface area contributed by atoms with Crippen molar-refractivity contribution >= 4 is 26.6 Å². The fourth-order valence-electron chi connectivity index (χ4n) is 2.60. The molecule has 0 aliphatic carbocycles. The van der Waals surface area contributed by atoms with E-state index in [1.807, 2.05) is 30.5 Å². The molecule has 0 atom stereocenters. The first-order valence-corrected chi connectivity index (χ1v) is 9.47. The second kappa shape index (κ2) is 6.49. The van der Waals surface area contributed by atoms with Crippen LogP contribution in [0.15, 0.2) is 59.6 Å². The molecular formula is C18H18N2O3S. The Bertz CT molecular complexity index is 973. The van der Waals surface area contributed by atoms with Gasteiger partial charge in [0.1, 0.15) is 0 Å². The van der Waals surface area contributed by atoms with E-state index in [2.05, 4.69) is 10.3 Å². The molecule has 2 N–H and O–H groups in total. The minimum Gasteiger partial charge on any atom is -0.361 e. The third kappa shape index (κ3) is 3.49. The van der Waals surface area contributed by atoms with Gasteiger partial charge in [-0.3, -0.25) is 4.79 Å². The van der Waals surface area contributed by atoms with Gasteiger partial charge in [-0.1, -0.05) is 18.2 Å². The van der Waals surface area contributed by atoms with E-state index in [-0.39, 0.29) is 10.8 Å². The van der Waals surface area contributed by atoms with Crippen LogP contribution in [0.1, 0.15) is 15.9 Å². The highest BCUT2D eigenvalue weighted by atomic mass is 32.2. The Balaban J connectivity index is 1.61. The van der Waals surface area contributed by atoms with Crippen LogP contribution in [0.4, 0.5) is 0 Å². The normalized spacial score (nSPS) is 11.5. The predicted molar refractivity (Wildman–Crippen MR) is 93.9 cm³/mol. The Morgan fingerprint density at radius 3 is 2.50 bits per heavy atom. The highest BCUT2D eigenvalue weighted by molar-refractivity contribution is 7.90. The summed E-state index contributed by atoms with van der Waals surface area (Å²) in [6, 6.07) is 14.0. The molecular weight excluding hydrogens is 324 g/mol. The van der Waals surface area contributed by atoms with Crippen LogP contribution < -0.4 is 5.32 Å². The molecule has 0 aliphatic heterocycles. The molecule has 1 heterocycles. The van der Waals surface area contributed by atoms with Gasteiger partial charge in [-0.25, -0.2) is 8.42 Å². The van der Waals surface area contributed by atoms with Gasteiger partial charge in [-0.05, 0) is 42.3 Å². The largest absolute Gasteiger partial charge is 0.361 e. The third-order valence-electron chi connectivity index (χ3n) is 3.90. The lowest BCUT2D eigenvalue weighted by Gasteiger charge is -2.06. The van der Waals surface area contributed by atoms with Gasteiger partial charge in [-0.15, -0.1) is 0 Å². The molecule has 0 saturated carbocycles. The molecule has 0 aliphatic rings.